The first-order valence-electron chi connectivity index (χ1n) is 6.80. The van der Waals surface area contributed by atoms with Crippen LogP contribution in [0.25, 0.3) is 0 Å². The third-order valence-corrected chi connectivity index (χ3v) is 3.97. The van der Waals surface area contributed by atoms with Crippen LogP contribution in [0.5, 0.6) is 0 Å². The number of carboxylic acid groups (broad SMARTS) is 1. The summed E-state index contributed by atoms with van der Waals surface area (Å²) in [6.45, 7) is 1.36. The Bertz CT molecular complexity index is 513. The summed E-state index contributed by atoms with van der Waals surface area (Å²) in [6, 6.07) is 1.67. The number of hydrogen-bond donors (Lipinski definition) is 1. The lowest BCUT2D eigenvalue weighted by atomic mass is 9.93. The summed E-state index contributed by atoms with van der Waals surface area (Å²) in [4.78, 5) is 24.9. The molecule has 5 nitrogen and oxygen atoms in total. The zero-order chi connectivity index (χ0) is 14.7. The molecule has 0 aliphatic carbocycles. The molecule has 110 valence electrons. The minimum Gasteiger partial charge on any atom is -0.481 e. The number of piperidine rings is 1. The number of aromatic nitrogens is 1. The molecule has 0 radical (unpaired) electrons. The third-order valence-electron chi connectivity index (χ3n) is 3.76. The number of carbonyl (C=O) groups is 2. The van der Waals surface area contributed by atoms with Crippen LogP contribution < -0.4 is 0 Å². The molecular weight excluding hydrogens is 280 g/mol. The van der Waals surface area contributed by atoms with Crippen molar-refractivity contribution in [3.8, 4) is 0 Å². The second kappa shape index (κ2) is 6.31. The molecule has 6 heteroatoms. The minimum absolute atomic E-state index is 0.0283. The van der Waals surface area contributed by atoms with Gasteiger partial charge in [0.15, 0.2) is 0 Å². The summed E-state index contributed by atoms with van der Waals surface area (Å²) < 4.78 is 1.73. The van der Waals surface area contributed by atoms with Gasteiger partial charge in [-0.25, -0.2) is 0 Å². The Morgan fingerprint density at radius 2 is 2.25 bits per heavy atom. The molecule has 0 spiro atoms. The molecule has 1 N–H and O–H groups in total. The quantitative estimate of drug-likeness (QED) is 0.928. The van der Waals surface area contributed by atoms with Gasteiger partial charge in [-0.05, 0) is 31.2 Å². The molecule has 1 atom stereocenters. The largest absolute Gasteiger partial charge is 0.481 e. The summed E-state index contributed by atoms with van der Waals surface area (Å²) >= 11 is 5.91. The van der Waals surface area contributed by atoms with Crippen LogP contribution in [0, 0.1) is 5.92 Å². The zero-order valence-corrected chi connectivity index (χ0v) is 12.3. The highest BCUT2D eigenvalue weighted by molar-refractivity contribution is 6.31. The topological polar surface area (TPSA) is 62.5 Å². The summed E-state index contributed by atoms with van der Waals surface area (Å²) in [5, 5.41) is 9.29. The normalized spacial score (nSPS) is 19.1. The van der Waals surface area contributed by atoms with Crippen LogP contribution in [0.4, 0.5) is 0 Å². The second-order valence-electron chi connectivity index (χ2n) is 5.35. The van der Waals surface area contributed by atoms with Crippen molar-refractivity contribution >= 4 is 23.5 Å². The molecule has 2 rings (SSSR count). The number of aryl methyl sites for hydroxylation is 1. The average molecular weight is 299 g/mol. The summed E-state index contributed by atoms with van der Waals surface area (Å²) in [5.74, 6) is -0.526. The molecule has 1 saturated heterocycles. The Kier molecular flexibility index (Phi) is 4.70. The van der Waals surface area contributed by atoms with Gasteiger partial charge in [-0.15, -0.1) is 0 Å². The van der Waals surface area contributed by atoms with Crippen LogP contribution in [-0.4, -0.2) is 39.5 Å². The van der Waals surface area contributed by atoms with Crippen molar-refractivity contribution in [2.24, 2.45) is 13.0 Å². The fraction of sp³-hybridized carbons (Fsp3) is 0.571. The van der Waals surface area contributed by atoms with Crippen molar-refractivity contribution < 1.29 is 14.7 Å². The van der Waals surface area contributed by atoms with Gasteiger partial charge in [0, 0.05) is 32.8 Å². The molecule has 1 aliphatic heterocycles. The summed E-state index contributed by atoms with van der Waals surface area (Å²) in [5.41, 5.74) is 0.578. The van der Waals surface area contributed by atoms with Crippen LogP contribution in [0.1, 0.15) is 36.2 Å². The van der Waals surface area contributed by atoms with E-state index in [4.69, 9.17) is 16.7 Å². The SMILES string of the molecule is Cn1cc(Cl)cc1C(=O)N1CCCC(CCC(=O)O)C1. The van der Waals surface area contributed by atoms with Crippen molar-refractivity contribution in [3.05, 3.63) is 23.0 Å². The Hall–Kier alpha value is -1.49. The Balaban J connectivity index is 1.99. The van der Waals surface area contributed by atoms with E-state index < -0.39 is 5.97 Å². The van der Waals surface area contributed by atoms with Crippen molar-refractivity contribution in [2.75, 3.05) is 13.1 Å². The summed E-state index contributed by atoms with van der Waals surface area (Å²) in [7, 11) is 1.80. The molecule has 0 saturated carbocycles. The van der Waals surface area contributed by atoms with E-state index in [0.29, 0.717) is 23.7 Å². The van der Waals surface area contributed by atoms with Crippen LogP contribution in [0.15, 0.2) is 12.3 Å². The van der Waals surface area contributed by atoms with Crippen LogP contribution >= 0.6 is 11.6 Å². The smallest absolute Gasteiger partial charge is 0.303 e. The van der Waals surface area contributed by atoms with Crippen molar-refractivity contribution in [2.45, 2.75) is 25.7 Å². The van der Waals surface area contributed by atoms with Crippen molar-refractivity contribution in [1.82, 2.24) is 9.47 Å². The number of rotatable bonds is 4. The zero-order valence-electron chi connectivity index (χ0n) is 11.5. The number of nitrogens with zero attached hydrogens (tertiary/aromatic N) is 2. The van der Waals surface area contributed by atoms with E-state index in [1.54, 1.807) is 23.9 Å². The van der Waals surface area contributed by atoms with Gasteiger partial charge in [0.25, 0.3) is 5.91 Å². The Labute approximate surface area is 123 Å². The highest BCUT2D eigenvalue weighted by atomic mass is 35.5. The molecule has 2 heterocycles. The number of carboxylic acids is 1. The lowest BCUT2D eigenvalue weighted by molar-refractivity contribution is -0.137. The predicted octanol–water partition coefficient (Wildman–Crippen LogP) is 2.40. The van der Waals surface area contributed by atoms with Gasteiger partial charge < -0.3 is 14.6 Å². The first-order chi connectivity index (χ1) is 9.47. The van der Waals surface area contributed by atoms with Gasteiger partial charge in [-0.3, -0.25) is 9.59 Å². The number of halogens is 1. The number of likely N-dealkylation sites (tertiary alicyclic amines) is 1. The standard InChI is InChI=1S/C14H19ClN2O3/c1-16-9-11(15)7-12(16)14(20)17-6-2-3-10(8-17)4-5-13(18)19/h7,9-10H,2-6,8H2,1H3,(H,18,19). The number of carbonyl (C=O) groups excluding carboxylic acids is 1. The fourth-order valence-electron chi connectivity index (χ4n) is 2.71. The maximum atomic E-state index is 12.4. The van der Waals surface area contributed by atoms with Crippen LogP contribution in [0.3, 0.4) is 0 Å². The van der Waals surface area contributed by atoms with Crippen molar-refractivity contribution in [1.29, 1.82) is 0 Å². The van der Waals surface area contributed by atoms with Gasteiger partial charge in [0.05, 0.1) is 5.02 Å². The van der Waals surface area contributed by atoms with E-state index >= 15 is 0 Å². The average Bonchev–Trinajstić information content (AvgIpc) is 2.75. The van der Waals surface area contributed by atoms with E-state index in [1.165, 1.54) is 0 Å². The van der Waals surface area contributed by atoms with E-state index in [2.05, 4.69) is 0 Å². The fourth-order valence-corrected chi connectivity index (χ4v) is 2.96. The predicted molar refractivity (Wildman–Crippen MR) is 75.9 cm³/mol. The molecule has 1 aromatic heterocycles. The maximum Gasteiger partial charge on any atom is 0.303 e. The minimum atomic E-state index is -0.775. The third kappa shape index (κ3) is 3.54. The monoisotopic (exact) mass is 298 g/mol. The molecule has 0 aromatic carbocycles. The van der Waals surface area contributed by atoms with Gasteiger partial charge in [0.1, 0.15) is 5.69 Å². The lowest BCUT2D eigenvalue weighted by Gasteiger charge is -2.32. The molecule has 20 heavy (non-hydrogen) atoms. The molecular formula is C14H19ClN2O3. The Morgan fingerprint density at radius 1 is 1.50 bits per heavy atom. The lowest BCUT2D eigenvalue weighted by Crippen LogP contribution is -2.40. The van der Waals surface area contributed by atoms with E-state index in [0.717, 1.165) is 19.4 Å². The number of aliphatic carboxylic acids is 1. The summed E-state index contributed by atoms with van der Waals surface area (Å²) in [6.07, 6.45) is 4.43. The molecule has 0 bridgehead atoms. The molecule has 1 aromatic rings. The second-order valence-corrected chi connectivity index (χ2v) is 5.78. The maximum absolute atomic E-state index is 12.4. The molecule has 1 amide bonds. The first-order valence-corrected chi connectivity index (χ1v) is 7.18. The number of amides is 1. The van der Waals surface area contributed by atoms with Gasteiger partial charge >= 0.3 is 5.97 Å². The van der Waals surface area contributed by atoms with Crippen LogP contribution in [-0.2, 0) is 11.8 Å². The van der Waals surface area contributed by atoms with Gasteiger partial charge in [-0.2, -0.15) is 0 Å². The highest BCUT2D eigenvalue weighted by Gasteiger charge is 2.26. The highest BCUT2D eigenvalue weighted by Crippen LogP contribution is 2.23. The molecule has 1 aliphatic rings. The molecule has 1 fully saturated rings. The van der Waals surface area contributed by atoms with E-state index in [-0.39, 0.29) is 18.2 Å². The van der Waals surface area contributed by atoms with Crippen LogP contribution in [0.2, 0.25) is 5.02 Å². The van der Waals surface area contributed by atoms with Crippen molar-refractivity contribution in [3.63, 3.8) is 0 Å². The van der Waals surface area contributed by atoms with E-state index in [9.17, 15) is 9.59 Å². The van der Waals surface area contributed by atoms with Gasteiger partial charge in [0.2, 0.25) is 0 Å². The molecule has 1 unspecified atom stereocenters. The van der Waals surface area contributed by atoms with Gasteiger partial charge in [-0.1, -0.05) is 11.6 Å². The number of hydrogen-bond acceptors (Lipinski definition) is 2. The first kappa shape index (κ1) is 14.9. The van der Waals surface area contributed by atoms with E-state index in [1.807, 2.05) is 4.90 Å². The Morgan fingerprint density at radius 3 is 2.85 bits per heavy atom.